The van der Waals surface area contributed by atoms with Gasteiger partial charge >= 0.3 is 6.09 Å². The average molecular weight is 403 g/mol. The molecule has 0 unspecified atom stereocenters. The first-order valence-corrected chi connectivity index (χ1v) is 8.31. The highest BCUT2D eigenvalue weighted by Gasteiger charge is 2.27. The summed E-state index contributed by atoms with van der Waals surface area (Å²) in [4.78, 5) is 13.7. The third-order valence-electron chi connectivity index (χ3n) is 3.19. The second-order valence-electron chi connectivity index (χ2n) is 6.24. The second kappa shape index (κ2) is 6.85. The number of ether oxygens (including phenoxy) is 2. The number of likely N-dealkylation sites (tertiary alicyclic amines) is 1. The molecule has 0 aromatic heterocycles. The molecule has 0 bridgehead atoms. The van der Waals surface area contributed by atoms with Crippen molar-refractivity contribution in [3.05, 3.63) is 27.8 Å². The van der Waals surface area contributed by atoms with E-state index in [1.807, 2.05) is 45.0 Å². The van der Waals surface area contributed by atoms with Crippen LogP contribution in [0.5, 0.6) is 5.75 Å². The normalized spacial score (nSPS) is 16.7. The van der Waals surface area contributed by atoms with Gasteiger partial charge in [-0.05, 0) is 61.6 Å². The highest BCUT2D eigenvalue weighted by atomic mass is 127. The lowest BCUT2D eigenvalue weighted by atomic mass is 10.1. The summed E-state index contributed by atoms with van der Waals surface area (Å²) in [5, 5.41) is 0. The van der Waals surface area contributed by atoms with Crippen molar-refractivity contribution in [1.29, 1.82) is 0 Å². The molecule has 1 aliphatic rings. The Labute approximate surface area is 139 Å². The van der Waals surface area contributed by atoms with Crippen LogP contribution in [-0.4, -0.2) is 35.8 Å². The summed E-state index contributed by atoms with van der Waals surface area (Å²) < 4.78 is 12.5. The molecule has 5 heteroatoms. The van der Waals surface area contributed by atoms with Crippen molar-refractivity contribution in [2.75, 3.05) is 13.1 Å². The quantitative estimate of drug-likeness (QED) is 0.699. The smallest absolute Gasteiger partial charge is 0.410 e. The maximum Gasteiger partial charge on any atom is 0.410 e. The highest BCUT2D eigenvalue weighted by Crippen LogP contribution is 2.22. The lowest BCUT2D eigenvalue weighted by Gasteiger charge is -2.33. The van der Waals surface area contributed by atoms with Crippen molar-refractivity contribution in [1.82, 2.24) is 4.90 Å². The minimum atomic E-state index is -0.439. The van der Waals surface area contributed by atoms with Gasteiger partial charge in [0.15, 0.2) is 0 Å². The fourth-order valence-electron chi connectivity index (χ4n) is 2.22. The zero-order valence-electron chi connectivity index (χ0n) is 12.8. The molecule has 1 fully saturated rings. The Hall–Kier alpha value is -0.980. The molecule has 1 aromatic rings. The third kappa shape index (κ3) is 5.37. The Morgan fingerprint density at radius 2 is 1.95 bits per heavy atom. The first-order valence-electron chi connectivity index (χ1n) is 7.24. The second-order valence-corrected chi connectivity index (χ2v) is 7.49. The van der Waals surface area contributed by atoms with Gasteiger partial charge in [0.05, 0.1) is 0 Å². The van der Waals surface area contributed by atoms with E-state index in [0.717, 1.165) is 22.2 Å². The van der Waals surface area contributed by atoms with E-state index in [9.17, 15) is 4.79 Å². The van der Waals surface area contributed by atoms with Crippen LogP contribution >= 0.6 is 22.6 Å². The summed E-state index contributed by atoms with van der Waals surface area (Å²) in [6.45, 7) is 7.03. The van der Waals surface area contributed by atoms with Crippen molar-refractivity contribution in [3.8, 4) is 5.75 Å². The molecule has 0 aliphatic carbocycles. The number of carbonyl (C=O) groups is 1. The van der Waals surface area contributed by atoms with Gasteiger partial charge in [0.2, 0.25) is 0 Å². The van der Waals surface area contributed by atoms with Gasteiger partial charge in [0.25, 0.3) is 0 Å². The van der Waals surface area contributed by atoms with Gasteiger partial charge in [-0.15, -0.1) is 0 Å². The molecule has 1 aromatic carbocycles. The van der Waals surface area contributed by atoms with Crippen LogP contribution in [0.1, 0.15) is 33.6 Å². The summed E-state index contributed by atoms with van der Waals surface area (Å²) in [7, 11) is 0. The molecule has 1 saturated heterocycles. The van der Waals surface area contributed by atoms with E-state index in [0.29, 0.717) is 13.1 Å². The zero-order valence-corrected chi connectivity index (χ0v) is 14.9. The fourth-order valence-corrected chi connectivity index (χ4v) is 2.73. The van der Waals surface area contributed by atoms with Gasteiger partial charge in [0.1, 0.15) is 17.5 Å². The maximum absolute atomic E-state index is 12.0. The molecule has 4 nitrogen and oxygen atoms in total. The van der Waals surface area contributed by atoms with E-state index in [1.54, 1.807) is 4.90 Å². The van der Waals surface area contributed by atoms with E-state index < -0.39 is 5.60 Å². The van der Waals surface area contributed by atoms with Crippen LogP contribution in [0.15, 0.2) is 24.3 Å². The van der Waals surface area contributed by atoms with Gasteiger partial charge < -0.3 is 14.4 Å². The lowest BCUT2D eigenvalue weighted by molar-refractivity contribution is 0.0126. The summed E-state index contributed by atoms with van der Waals surface area (Å²) in [6.07, 6.45) is 1.62. The van der Waals surface area contributed by atoms with Crippen molar-refractivity contribution >= 4 is 28.7 Å². The first-order chi connectivity index (χ1) is 9.83. The summed E-state index contributed by atoms with van der Waals surface area (Å²) in [5.74, 6) is 0.901. The Morgan fingerprint density at radius 1 is 1.29 bits per heavy atom. The van der Waals surface area contributed by atoms with E-state index in [2.05, 4.69) is 22.6 Å². The largest absolute Gasteiger partial charge is 0.490 e. The van der Waals surface area contributed by atoms with Gasteiger partial charge in [0, 0.05) is 29.5 Å². The Morgan fingerprint density at radius 3 is 2.52 bits per heavy atom. The molecular formula is C16H22INO3. The highest BCUT2D eigenvalue weighted by molar-refractivity contribution is 14.1. The number of hydrogen-bond donors (Lipinski definition) is 0. The minimum absolute atomic E-state index is 0.168. The van der Waals surface area contributed by atoms with Crippen molar-refractivity contribution in [2.45, 2.75) is 45.3 Å². The molecule has 1 aliphatic heterocycles. The molecule has 0 N–H and O–H groups in total. The fraction of sp³-hybridized carbons (Fsp3) is 0.562. The van der Waals surface area contributed by atoms with Crippen LogP contribution in [0, 0.1) is 3.57 Å². The Bertz CT molecular complexity index is 491. The van der Waals surface area contributed by atoms with E-state index in [4.69, 9.17) is 9.47 Å². The SMILES string of the molecule is CC(C)(C)OC(=O)N1CCC(Oc2cccc(I)c2)CC1. The summed E-state index contributed by atoms with van der Waals surface area (Å²) in [6, 6.07) is 8.04. The number of carbonyl (C=O) groups excluding carboxylic acids is 1. The number of nitrogens with zero attached hydrogens (tertiary/aromatic N) is 1. The van der Waals surface area contributed by atoms with Crippen LogP contribution in [-0.2, 0) is 4.74 Å². The molecule has 1 amide bonds. The van der Waals surface area contributed by atoms with Gasteiger partial charge in [-0.1, -0.05) is 6.07 Å². The standard InChI is InChI=1S/C16H22INO3/c1-16(2,3)21-15(19)18-9-7-13(8-10-18)20-14-6-4-5-12(17)11-14/h4-6,11,13H,7-10H2,1-3H3. The predicted octanol–water partition coefficient (Wildman–Crippen LogP) is 4.07. The van der Waals surface area contributed by atoms with Crippen molar-refractivity contribution in [3.63, 3.8) is 0 Å². The molecule has 0 radical (unpaired) electrons. The number of hydrogen-bond acceptors (Lipinski definition) is 3. The number of benzene rings is 1. The maximum atomic E-state index is 12.0. The molecule has 0 atom stereocenters. The Kier molecular flexibility index (Phi) is 5.35. The molecule has 0 spiro atoms. The zero-order chi connectivity index (χ0) is 15.5. The third-order valence-corrected chi connectivity index (χ3v) is 3.86. The van der Waals surface area contributed by atoms with Gasteiger partial charge in [-0.25, -0.2) is 4.79 Å². The van der Waals surface area contributed by atoms with Gasteiger partial charge in [-0.2, -0.15) is 0 Å². The van der Waals surface area contributed by atoms with Crippen LogP contribution in [0.2, 0.25) is 0 Å². The molecule has 1 heterocycles. The van der Waals surface area contributed by atoms with Crippen LogP contribution < -0.4 is 4.74 Å². The van der Waals surface area contributed by atoms with Crippen molar-refractivity contribution < 1.29 is 14.3 Å². The molecule has 0 saturated carbocycles. The minimum Gasteiger partial charge on any atom is -0.490 e. The van der Waals surface area contributed by atoms with E-state index in [1.165, 1.54) is 0 Å². The van der Waals surface area contributed by atoms with Crippen LogP contribution in [0.3, 0.4) is 0 Å². The van der Waals surface area contributed by atoms with E-state index in [-0.39, 0.29) is 12.2 Å². The number of amides is 1. The number of rotatable bonds is 2. The average Bonchev–Trinajstić information content (AvgIpc) is 2.37. The monoisotopic (exact) mass is 403 g/mol. The van der Waals surface area contributed by atoms with Crippen LogP contribution in [0.25, 0.3) is 0 Å². The molecule has 21 heavy (non-hydrogen) atoms. The number of halogens is 1. The van der Waals surface area contributed by atoms with Gasteiger partial charge in [-0.3, -0.25) is 0 Å². The number of piperidine rings is 1. The molecule has 116 valence electrons. The lowest BCUT2D eigenvalue weighted by Crippen LogP contribution is -2.44. The summed E-state index contributed by atoms with van der Waals surface area (Å²) in [5.41, 5.74) is -0.439. The molecule has 2 rings (SSSR count). The topological polar surface area (TPSA) is 38.8 Å². The van der Waals surface area contributed by atoms with Crippen molar-refractivity contribution in [2.24, 2.45) is 0 Å². The Balaban J connectivity index is 1.82. The van der Waals surface area contributed by atoms with Crippen LogP contribution in [0.4, 0.5) is 4.79 Å². The predicted molar refractivity (Wildman–Crippen MR) is 90.6 cm³/mol. The first kappa shape index (κ1) is 16.4. The van der Waals surface area contributed by atoms with E-state index >= 15 is 0 Å². The summed E-state index contributed by atoms with van der Waals surface area (Å²) >= 11 is 2.27. The molecular weight excluding hydrogens is 381 g/mol.